The maximum Gasteiger partial charge on any atom is 0.180 e. The minimum absolute atomic E-state index is 0.124. The number of pyridine rings is 1. The van der Waals surface area contributed by atoms with Crippen LogP contribution in [0.1, 0.15) is 42.4 Å². The van der Waals surface area contributed by atoms with Crippen LogP contribution in [-0.4, -0.2) is 47.9 Å². The highest BCUT2D eigenvalue weighted by Gasteiger charge is 2.38. The second-order valence-electron chi connectivity index (χ2n) is 8.48. The summed E-state index contributed by atoms with van der Waals surface area (Å²) in [6.07, 6.45) is 0. The van der Waals surface area contributed by atoms with Crippen LogP contribution >= 0.6 is 0 Å². The maximum atomic E-state index is 13.3. The Labute approximate surface area is 167 Å². The fourth-order valence-corrected chi connectivity index (χ4v) is 3.89. The van der Waals surface area contributed by atoms with Gasteiger partial charge >= 0.3 is 0 Å². The zero-order chi connectivity index (χ0) is 20.3. The predicted molar refractivity (Wildman–Crippen MR) is 111 cm³/mol. The Kier molecular flexibility index (Phi) is 5.81. The number of nitriles is 1. The number of hydrogen-bond donors (Lipinski definition) is 0. The molecule has 146 valence electrons. The molecule has 1 aromatic heterocycles. The van der Waals surface area contributed by atoms with Crippen molar-refractivity contribution in [2.24, 2.45) is 5.41 Å². The van der Waals surface area contributed by atoms with E-state index >= 15 is 0 Å². The molecule has 0 saturated carbocycles. The molecule has 0 N–H and O–H groups in total. The van der Waals surface area contributed by atoms with E-state index in [9.17, 15) is 4.79 Å². The van der Waals surface area contributed by atoms with Crippen LogP contribution in [0.15, 0.2) is 42.5 Å². The average Bonchev–Trinajstić information content (AvgIpc) is 2.67. The lowest BCUT2D eigenvalue weighted by molar-refractivity contribution is 0.0584. The number of piperazine rings is 1. The number of aromatic nitrogens is 1. The summed E-state index contributed by atoms with van der Waals surface area (Å²) in [6, 6.07) is 15.0. The molecule has 1 aliphatic rings. The standard InChI is InChI=1S/C23H28N4O/c1-17-6-5-7-20(25-17)26-12-14-27(15-13-26)22(23(2,3)4)21(28)19-10-8-18(16-24)9-11-19/h5-11,22H,12-15H2,1-4H3/t22-/m0/s1. The van der Waals surface area contributed by atoms with Crippen LogP contribution < -0.4 is 4.90 Å². The zero-order valence-electron chi connectivity index (χ0n) is 17.1. The molecule has 3 rings (SSSR count). The van der Waals surface area contributed by atoms with Crippen molar-refractivity contribution in [1.82, 2.24) is 9.88 Å². The van der Waals surface area contributed by atoms with E-state index in [2.05, 4.69) is 41.6 Å². The van der Waals surface area contributed by atoms with E-state index in [1.807, 2.05) is 25.1 Å². The van der Waals surface area contributed by atoms with Gasteiger partial charge in [0.2, 0.25) is 0 Å². The summed E-state index contributed by atoms with van der Waals surface area (Å²) in [7, 11) is 0. The molecule has 0 aliphatic carbocycles. The van der Waals surface area contributed by atoms with E-state index in [1.165, 1.54) is 0 Å². The second-order valence-corrected chi connectivity index (χ2v) is 8.48. The number of benzene rings is 1. The molecular weight excluding hydrogens is 348 g/mol. The van der Waals surface area contributed by atoms with Gasteiger partial charge in [0.15, 0.2) is 5.78 Å². The van der Waals surface area contributed by atoms with Crippen molar-refractivity contribution in [2.75, 3.05) is 31.1 Å². The monoisotopic (exact) mass is 376 g/mol. The van der Waals surface area contributed by atoms with E-state index in [4.69, 9.17) is 5.26 Å². The molecule has 1 saturated heterocycles. The minimum Gasteiger partial charge on any atom is -0.354 e. The van der Waals surface area contributed by atoms with Crippen LogP contribution in [0.5, 0.6) is 0 Å². The number of carbonyl (C=O) groups is 1. The molecule has 28 heavy (non-hydrogen) atoms. The van der Waals surface area contributed by atoms with Gasteiger partial charge in [-0.15, -0.1) is 0 Å². The summed E-state index contributed by atoms with van der Waals surface area (Å²) >= 11 is 0. The highest BCUT2D eigenvalue weighted by atomic mass is 16.1. The molecule has 5 heteroatoms. The first kappa shape index (κ1) is 20.0. The Hall–Kier alpha value is -2.71. The fraction of sp³-hybridized carbons (Fsp3) is 0.435. The number of carbonyl (C=O) groups excluding carboxylic acids is 1. The molecule has 1 atom stereocenters. The van der Waals surface area contributed by atoms with Gasteiger partial charge in [0.25, 0.3) is 0 Å². The Balaban J connectivity index is 1.76. The average molecular weight is 377 g/mol. The molecule has 1 aliphatic heterocycles. The molecule has 1 fully saturated rings. The smallest absolute Gasteiger partial charge is 0.180 e. The molecule has 0 bridgehead atoms. The lowest BCUT2D eigenvalue weighted by Crippen LogP contribution is -2.57. The number of nitrogens with zero attached hydrogens (tertiary/aromatic N) is 4. The first-order valence-corrected chi connectivity index (χ1v) is 9.76. The highest BCUT2D eigenvalue weighted by Crippen LogP contribution is 2.29. The number of aryl methyl sites for hydroxylation is 1. The van der Waals surface area contributed by atoms with Gasteiger partial charge in [0, 0.05) is 37.4 Å². The van der Waals surface area contributed by atoms with Crippen molar-refractivity contribution < 1.29 is 4.79 Å². The normalized spacial score (nSPS) is 16.5. The first-order valence-electron chi connectivity index (χ1n) is 9.76. The molecule has 5 nitrogen and oxygen atoms in total. The Morgan fingerprint density at radius 3 is 2.25 bits per heavy atom. The number of hydrogen-bond acceptors (Lipinski definition) is 5. The van der Waals surface area contributed by atoms with Crippen LogP contribution in [0.4, 0.5) is 5.82 Å². The molecule has 1 aromatic carbocycles. The van der Waals surface area contributed by atoms with Crippen LogP contribution in [0.2, 0.25) is 0 Å². The van der Waals surface area contributed by atoms with Gasteiger partial charge in [-0.1, -0.05) is 39.0 Å². The third kappa shape index (κ3) is 4.40. The van der Waals surface area contributed by atoms with Crippen LogP contribution in [0.3, 0.4) is 0 Å². The summed E-state index contributed by atoms with van der Waals surface area (Å²) in [5, 5.41) is 8.99. The first-order chi connectivity index (χ1) is 13.3. The van der Waals surface area contributed by atoms with Gasteiger partial charge in [0.1, 0.15) is 5.82 Å². The SMILES string of the molecule is Cc1cccc(N2CCN([C@@H](C(=O)c3ccc(C#N)cc3)C(C)(C)C)CC2)n1. The summed E-state index contributed by atoms with van der Waals surface area (Å²) in [4.78, 5) is 22.6. The van der Waals surface area contributed by atoms with Crippen molar-refractivity contribution in [2.45, 2.75) is 33.7 Å². The van der Waals surface area contributed by atoms with E-state index in [1.54, 1.807) is 24.3 Å². The Bertz CT molecular complexity index is 869. The number of Topliss-reactive ketones (excluding diaryl/α,β-unsaturated/α-hetero) is 1. The van der Waals surface area contributed by atoms with Crippen LogP contribution in [0.25, 0.3) is 0 Å². The van der Waals surface area contributed by atoms with Crippen molar-refractivity contribution in [1.29, 1.82) is 5.26 Å². The maximum absolute atomic E-state index is 13.3. The fourth-order valence-electron chi connectivity index (χ4n) is 3.89. The summed E-state index contributed by atoms with van der Waals surface area (Å²) < 4.78 is 0. The Morgan fingerprint density at radius 1 is 1.07 bits per heavy atom. The van der Waals surface area contributed by atoms with Gasteiger partial charge < -0.3 is 4.90 Å². The van der Waals surface area contributed by atoms with E-state index in [-0.39, 0.29) is 17.2 Å². The predicted octanol–water partition coefficient (Wildman–Crippen LogP) is 3.68. The molecule has 2 heterocycles. The van der Waals surface area contributed by atoms with Crippen LogP contribution in [-0.2, 0) is 0 Å². The molecule has 0 radical (unpaired) electrons. The van der Waals surface area contributed by atoms with Gasteiger partial charge in [-0.2, -0.15) is 5.26 Å². The second kappa shape index (κ2) is 8.12. The topological polar surface area (TPSA) is 60.2 Å². The largest absolute Gasteiger partial charge is 0.354 e. The number of anilines is 1. The molecule has 0 spiro atoms. The van der Waals surface area contributed by atoms with E-state index in [0.717, 1.165) is 37.7 Å². The van der Waals surface area contributed by atoms with Crippen molar-refractivity contribution >= 4 is 11.6 Å². The van der Waals surface area contributed by atoms with Gasteiger partial charge in [-0.05, 0) is 36.6 Å². The molecule has 0 amide bonds. The summed E-state index contributed by atoms with van der Waals surface area (Å²) in [5.74, 6) is 1.13. The number of rotatable bonds is 4. The summed E-state index contributed by atoms with van der Waals surface area (Å²) in [6.45, 7) is 11.7. The van der Waals surface area contributed by atoms with E-state index in [0.29, 0.717) is 11.1 Å². The van der Waals surface area contributed by atoms with Gasteiger partial charge in [-0.3, -0.25) is 9.69 Å². The zero-order valence-corrected chi connectivity index (χ0v) is 17.1. The molecule has 0 unspecified atom stereocenters. The minimum atomic E-state index is -0.201. The van der Waals surface area contributed by atoms with Gasteiger partial charge in [-0.25, -0.2) is 4.98 Å². The lowest BCUT2D eigenvalue weighted by atomic mass is 9.80. The summed E-state index contributed by atoms with van der Waals surface area (Å²) in [5.41, 5.74) is 2.07. The van der Waals surface area contributed by atoms with Crippen LogP contribution in [0, 0.1) is 23.7 Å². The van der Waals surface area contributed by atoms with Crippen molar-refractivity contribution in [3.8, 4) is 6.07 Å². The lowest BCUT2D eigenvalue weighted by Gasteiger charge is -2.44. The third-order valence-electron chi connectivity index (χ3n) is 5.24. The highest BCUT2D eigenvalue weighted by molar-refractivity contribution is 6.00. The molecule has 2 aromatic rings. The third-order valence-corrected chi connectivity index (χ3v) is 5.24. The quantitative estimate of drug-likeness (QED) is 0.762. The Morgan fingerprint density at radius 2 is 1.71 bits per heavy atom. The van der Waals surface area contributed by atoms with Crippen molar-refractivity contribution in [3.63, 3.8) is 0 Å². The molecular formula is C23H28N4O. The van der Waals surface area contributed by atoms with E-state index < -0.39 is 0 Å². The number of ketones is 1. The van der Waals surface area contributed by atoms with Crippen molar-refractivity contribution in [3.05, 3.63) is 59.3 Å². The van der Waals surface area contributed by atoms with Gasteiger partial charge in [0.05, 0.1) is 17.7 Å².